The van der Waals surface area contributed by atoms with E-state index in [1.807, 2.05) is 12.1 Å². The second-order valence-electron chi connectivity index (χ2n) is 5.92. The van der Waals surface area contributed by atoms with E-state index in [-0.39, 0.29) is 18.0 Å². The zero-order chi connectivity index (χ0) is 18.4. The summed E-state index contributed by atoms with van der Waals surface area (Å²) < 4.78 is 5.36. The van der Waals surface area contributed by atoms with Gasteiger partial charge in [0.15, 0.2) is 0 Å². The minimum absolute atomic E-state index is 0.0374. The highest BCUT2D eigenvalue weighted by Crippen LogP contribution is 2.20. The summed E-state index contributed by atoms with van der Waals surface area (Å²) in [6, 6.07) is 10.0. The Balaban J connectivity index is 1.64. The van der Waals surface area contributed by atoms with Crippen LogP contribution in [0, 0.1) is 10.1 Å². The van der Waals surface area contributed by atoms with Crippen molar-refractivity contribution in [2.45, 2.75) is 13.0 Å². The maximum absolute atomic E-state index is 12.3. The van der Waals surface area contributed by atoms with Gasteiger partial charge in [-0.05, 0) is 6.07 Å². The lowest BCUT2D eigenvalue weighted by atomic mass is 10.1. The van der Waals surface area contributed by atoms with Gasteiger partial charge in [0.05, 0.1) is 24.6 Å². The highest BCUT2D eigenvalue weighted by atomic mass is 16.6. The van der Waals surface area contributed by atoms with E-state index in [4.69, 9.17) is 4.74 Å². The van der Waals surface area contributed by atoms with Crippen LogP contribution in [0.3, 0.4) is 0 Å². The van der Waals surface area contributed by atoms with E-state index in [2.05, 4.69) is 15.2 Å². The second-order valence-corrected chi connectivity index (χ2v) is 5.92. The van der Waals surface area contributed by atoms with Crippen molar-refractivity contribution in [3.63, 3.8) is 0 Å². The molecule has 0 spiro atoms. The number of nitro groups is 1. The first-order chi connectivity index (χ1) is 12.6. The number of carbonyl (C=O) groups excluding carboxylic acids is 1. The summed E-state index contributed by atoms with van der Waals surface area (Å²) in [5, 5.41) is 13.9. The Bertz CT molecular complexity index is 790. The smallest absolute Gasteiger partial charge is 0.273 e. The third-order valence-corrected chi connectivity index (χ3v) is 4.19. The molecule has 26 heavy (non-hydrogen) atoms. The van der Waals surface area contributed by atoms with Crippen LogP contribution in [0.25, 0.3) is 0 Å². The quantitative estimate of drug-likeness (QED) is 0.625. The second kappa shape index (κ2) is 8.39. The van der Waals surface area contributed by atoms with Crippen LogP contribution >= 0.6 is 0 Å². The van der Waals surface area contributed by atoms with Gasteiger partial charge in [0.25, 0.3) is 5.69 Å². The molecule has 0 aliphatic carbocycles. The van der Waals surface area contributed by atoms with Crippen LogP contribution in [0.1, 0.15) is 11.1 Å². The van der Waals surface area contributed by atoms with Crippen molar-refractivity contribution < 1.29 is 14.5 Å². The molecule has 1 fully saturated rings. The molecule has 8 nitrogen and oxygen atoms in total. The van der Waals surface area contributed by atoms with Crippen LogP contribution in [0.4, 0.5) is 11.5 Å². The molecule has 3 rings (SSSR count). The molecule has 1 aromatic heterocycles. The lowest BCUT2D eigenvalue weighted by molar-refractivity contribution is -0.385. The molecule has 0 unspecified atom stereocenters. The fourth-order valence-electron chi connectivity index (χ4n) is 2.90. The Hall–Kier alpha value is -3.00. The van der Waals surface area contributed by atoms with E-state index in [0.29, 0.717) is 25.3 Å². The standard InChI is InChI=1S/C18H20N4O4/c23-17(12-14-4-1-2-6-16(14)22(24)25)20-13-15-5-3-7-19-18(15)21-8-10-26-11-9-21/h1-7H,8-13H2,(H,20,23). The predicted octanol–water partition coefficient (Wildman–Crippen LogP) is 1.69. The van der Waals surface area contributed by atoms with Gasteiger partial charge >= 0.3 is 0 Å². The van der Waals surface area contributed by atoms with E-state index in [1.165, 1.54) is 6.07 Å². The molecule has 1 saturated heterocycles. The number of rotatable bonds is 6. The third kappa shape index (κ3) is 4.34. The van der Waals surface area contributed by atoms with Gasteiger partial charge in [-0.3, -0.25) is 14.9 Å². The summed E-state index contributed by atoms with van der Waals surface area (Å²) in [5.41, 5.74) is 1.26. The molecular formula is C18H20N4O4. The molecule has 0 bridgehead atoms. The summed E-state index contributed by atoms with van der Waals surface area (Å²) in [6.45, 7) is 3.14. The van der Waals surface area contributed by atoms with E-state index >= 15 is 0 Å². The molecule has 1 N–H and O–H groups in total. The van der Waals surface area contributed by atoms with Crippen molar-refractivity contribution in [1.82, 2.24) is 10.3 Å². The minimum Gasteiger partial charge on any atom is -0.378 e. The zero-order valence-corrected chi connectivity index (χ0v) is 14.3. The van der Waals surface area contributed by atoms with Crippen molar-refractivity contribution in [3.8, 4) is 0 Å². The van der Waals surface area contributed by atoms with Gasteiger partial charge in [-0.25, -0.2) is 4.98 Å². The summed E-state index contributed by atoms with van der Waals surface area (Å²) in [4.78, 5) is 29.4. The first-order valence-corrected chi connectivity index (χ1v) is 8.41. The monoisotopic (exact) mass is 356 g/mol. The number of para-hydroxylation sites is 1. The lowest BCUT2D eigenvalue weighted by Crippen LogP contribution is -2.38. The molecule has 0 radical (unpaired) electrons. The van der Waals surface area contributed by atoms with E-state index in [1.54, 1.807) is 24.4 Å². The predicted molar refractivity (Wildman–Crippen MR) is 95.9 cm³/mol. The number of nitro benzene ring substituents is 1. The fraction of sp³-hybridized carbons (Fsp3) is 0.333. The largest absolute Gasteiger partial charge is 0.378 e. The van der Waals surface area contributed by atoms with Crippen LogP contribution in [0.2, 0.25) is 0 Å². The molecule has 8 heteroatoms. The molecule has 2 aromatic rings. The van der Waals surface area contributed by atoms with Gasteiger partial charge in [0.2, 0.25) is 5.91 Å². The number of nitrogens with zero attached hydrogens (tertiary/aromatic N) is 3. The van der Waals surface area contributed by atoms with Crippen LogP contribution < -0.4 is 10.2 Å². The third-order valence-electron chi connectivity index (χ3n) is 4.19. The number of amides is 1. The van der Waals surface area contributed by atoms with Crippen molar-refractivity contribution >= 4 is 17.4 Å². The molecule has 0 saturated carbocycles. The van der Waals surface area contributed by atoms with Crippen molar-refractivity contribution in [2.24, 2.45) is 0 Å². The molecule has 1 aliphatic rings. The summed E-state index contributed by atoms with van der Waals surface area (Å²) in [6.07, 6.45) is 1.69. The maximum atomic E-state index is 12.3. The number of nitrogens with one attached hydrogen (secondary N) is 1. The highest BCUT2D eigenvalue weighted by molar-refractivity contribution is 5.79. The van der Waals surface area contributed by atoms with Gasteiger partial charge in [0.1, 0.15) is 5.82 Å². The number of benzene rings is 1. The highest BCUT2D eigenvalue weighted by Gasteiger charge is 2.18. The summed E-state index contributed by atoms with van der Waals surface area (Å²) in [5.74, 6) is 0.567. The number of ether oxygens (including phenoxy) is 1. The SMILES string of the molecule is O=C(Cc1ccccc1[N+](=O)[O-])NCc1cccnc1N1CCOCC1. The van der Waals surface area contributed by atoms with Gasteiger partial charge < -0.3 is 15.0 Å². The van der Waals surface area contributed by atoms with Crippen LogP contribution in [0.5, 0.6) is 0 Å². The molecule has 1 aromatic carbocycles. The van der Waals surface area contributed by atoms with Crippen molar-refractivity contribution in [3.05, 3.63) is 63.8 Å². The number of hydrogen-bond donors (Lipinski definition) is 1. The Morgan fingerprint density at radius 2 is 1.92 bits per heavy atom. The molecule has 1 amide bonds. The molecule has 136 valence electrons. The normalized spacial score (nSPS) is 14.1. The average Bonchev–Trinajstić information content (AvgIpc) is 2.67. The topological polar surface area (TPSA) is 97.6 Å². The summed E-state index contributed by atoms with van der Waals surface area (Å²) in [7, 11) is 0. The Morgan fingerprint density at radius 3 is 2.69 bits per heavy atom. The van der Waals surface area contributed by atoms with E-state index < -0.39 is 4.92 Å². The van der Waals surface area contributed by atoms with Gasteiger partial charge in [0, 0.05) is 43.0 Å². The van der Waals surface area contributed by atoms with Gasteiger partial charge in [-0.15, -0.1) is 0 Å². The van der Waals surface area contributed by atoms with Crippen LogP contribution in [-0.4, -0.2) is 42.1 Å². The minimum atomic E-state index is -0.472. The maximum Gasteiger partial charge on any atom is 0.273 e. The number of anilines is 1. The number of carbonyl (C=O) groups is 1. The number of pyridine rings is 1. The van der Waals surface area contributed by atoms with Crippen molar-refractivity contribution in [1.29, 1.82) is 0 Å². The van der Waals surface area contributed by atoms with Crippen LogP contribution in [-0.2, 0) is 22.5 Å². The summed E-state index contributed by atoms with van der Waals surface area (Å²) >= 11 is 0. The molecule has 0 atom stereocenters. The van der Waals surface area contributed by atoms with E-state index in [0.717, 1.165) is 24.5 Å². The molecular weight excluding hydrogens is 336 g/mol. The number of hydrogen-bond acceptors (Lipinski definition) is 6. The Kier molecular flexibility index (Phi) is 5.75. The molecule has 1 aliphatic heterocycles. The average molecular weight is 356 g/mol. The van der Waals surface area contributed by atoms with Crippen LogP contribution in [0.15, 0.2) is 42.6 Å². The number of morpholine rings is 1. The molecule has 2 heterocycles. The first-order valence-electron chi connectivity index (χ1n) is 8.41. The lowest BCUT2D eigenvalue weighted by Gasteiger charge is -2.29. The van der Waals surface area contributed by atoms with Gasteiger partial charge in [-0.2, -0.15) is 0 Å². The van der Waals surface area contributed by atoms with E-state index in [9.17, 15) is 14.9 Å². The fourth-order valence-corrected chi connectivity index (χ4v) is 2.90. The van der Waals surface area contributed by atoms with Gasteiger partial charge in [-0.1, -0.05) is 24.3 Å². The number of aromatic nitrogens is 1. The zero-order valence-electron chi connectivity index (χ0n) is 14.3. The Morgan fingerprint density at radius 1 is 1.19 bits per heavy atom. The first kappa shape index (κ1) is 17.8. The Labute approximate surface area is 150 Å². The van der Waals surface area contributed by atoms with Crippen molar-refractivity contribution in [2.75, 3.05) is 31.2 Å².